The number of fused-ring (bicyclic) bond motifs is 2. The predicted molar refractivity (Wildman–Crippen MR) is 202 cm³/mol. The minimum atomic E-state index is -5.17. The number of benzene rings is 2. The maximum absolute atomic E-state index is 5.17. The number of unbranched alkanes of at least 4 members (excludes halogenated alkanes) is 2. The van der Waals surface area contributed by atoms with Crippen molar-refractivity contribution in [1.82, 2.24) is 0 Å². The standard InChI is InChI=1S/2C16H21.2C4H9.2CH3.Hf.H2Si/c2*1-10(2)13-8-14-6-12(5)7-16(14)15(9-13)11(3)4;2*1-3-4-2;;;;/h2*6-11H,1-5H3;2*1,3-4H2,2H3;2*1H3;;1H2. The summed E-state index contributed by atoms with van der Waals surface area (Å²) in [5, 5.41) is 0. The van der Waals surface area contributed by atoms with E-state index >= 15 is 0 Å². The molecule has 44 heavy (non-hydrogen) atoms. The monoisotopic (exact) mass is 780 g/mol. The van der Waals surface area contributed by atoms with Gasteiger partial charge in [-0.2, -0.15) is 0 Å². The van der Waals surface area contributed by atoms with E-state index in [1.165, 1.54) is 45.2 Å². The van der Waals surface area contributed by atoms with E-state index in [1.807, 2.05) is 0 Å². The molecular weight excluding hydrogens is 711 g/mol. The van der Waals surface area contributed by atoms with Gasteiger partial charge < -0.3 is 0 Å². The second-order valence-electron chi connectivity index (χ2n) is 19.6. The molecule has 0 heterocycles. The Morgan fingerprint density at radius 3 is 1.20 bits per heavy atom. The predicted octanol–water partition coefficient (Wildman–Crippen LogP) is 13.6. The van der Waals surface area contributed by atoms with Gasteiger partial charge in [0, 0.05) is 0 Å². The molecule has 2 aromatic rings. The second-order valence-corrected chi connectivity index (χ2v) is 96.3. The molecule has 0 saturated heterocycles. The molecule has 0 nitrogen and oxygen atoms in total. The normalized spacial score (nSPS) is 20.8. The van der Waals surface area contributed by atoms with Crippen LogP contribution in [0.5, 0.6) is 0 Å². The zero-order chi connectivity index (χ0) is 33.1. The Hall–Kier alpha value is -0.993. The van der Waals surface area contributed by atoms with Gasteiger partial charge in [-0.25, -0.2) is 0 Å². The fraction of sp³-hybridized carbons (Fsp3) is 0.619. The third kappa shape index (κ3) is 5.33. The fourth-order valence-corrected chi connectivity index (χ4v) is 73.0. The van der Waals surface area contributed by atoms with Gasteiger partial charge in [-0.1, -0.05) is 0 Å². The Labute approximate surface area is 269 Å². The summed E-state index contributed by atoms with van der Waals surface area (Å²) < 4.78 is 9.88. The Bertz CT molecular complexity index is 1530. The Morgan fingerprint density at radius 2 is 0.932 bits per heavy atom. The molecule has 0 bridgehead atoms. The van der Waals surface area contributed by atoms with Crippen LogP contribution in [-0.2, 0) is 14.2 Å². The minimum absolute atomic E-state index is 0.520. The first-order chi connectivity index (χ1) is 20.2. The Morgan fingerprint density at radius 1 is 0.591 bits per heavy atom. The molecule has 2 atom stereocenters. The van der Waals surface area contributed by atoms with Crippen molar-refractivity contribution in [3.63, 3.8) is 0 Å². The molecule has 0 N–H and O–H groups in total. The third-order valence-corrected chi connectivity index (χ3v) is 69.9. The van der Waals surface area contributed by atoms with E-state index in [2.05, 4.69) is 136 Å². The molecule has 0 spiro atoms. The van der Waals surface area contributed by atoms with Crippen molar-refractivity contribution in [2.75, 3.05) is 0 Å². The van der Waals surface area contributed by atoms with Crippen molar-refractivity contribution in [3.05, 3.63) is 79.9 Å². The summed E-state index contributed by atoms with van der Waals surface area (Å²) in [6.07, 6.45) is 10.5. The summed E-state index contributed by atoms with van der Waals surface area (Å²) in [7, 11) is 0. The number of hydrogen-bond acceptors (Lipinski definition) is 0. The van der Waals surface area contributed by atoms with E-state index in [-0.39, 0.29) is 0 Å². The molecule has 2 unspecified atom stereocenters. The summed E-state index contributed by atoms with van der Waals surface area (Å²) in [5.41, 5.74) is 16.1. The SMILES string of the molecule is CCC[CH2][Hf]([CH3])([CH3])(=[SiH2])([CH2]CCC)([CH]1C(C)=Cc2c(C(C)C)cc(C(C)C)cc21)[CH]1C(C)=Cc2c(C(C)C)cc(C(C)C)cc21. The van der Waals surface area contributed by atoms with Crippen LogP contribution >= 0.6 is 0 Å². The van der Waals surface area contributed by atoms with Crippen LogP contribution in [0.2, 0.25) is 17.7 Å². The Kier molecular flexibility index (Phi) is 8.99. The van der Waals surface area contributed by atoms with Crippen LogP contribution in [0.25, 0.3) is 12.2 Å². The molecule has 0 saturated carbocycles. The molecule has 0 radical (unpaired) electrons. The van der Waals surface area contributed by atoms with Crippen LogP contribution in [0.15, 0.2) is 35.4 Å². The van der Waals surface area contributed by atoms with Gasteiger partial charge >= 0.3 is 271 Å². The summed E-state index contributed by atoms with van der Waals surface area (Å²) in [4.78, 5) is 0. The van der Waals surface area contributed by atoms with Gasteiger partial charge in [0.05, 0.1) is 0 Å². The first-order valence-electron chi connectivity index (χ1n) is 18.4. The van der Waals surface area contributed by atoms with Crippen LogP contribution in [0.1, 0.15) is 184 Å². The van der Waals surface area contributed by atoms with E-state index < -0.39 is 14.2 Å². The van der Waals surface area contributed by atoms with Crippen LogP contribution in [-0.4, -0.2) is 6.94 Å². The van der Waals surface area contributed by atoms with Gasteiger partial charge in [-0.05, 0) is 0 Å². The van der Waals surface area contributed by atoms with Crippen molar-refractivity contribution in [1.29, 1.82) is 0 Å². The quantitative estimate of drug-likeness (QED) is 0.188. The molecule has 2 aliphatic carbocycles. The van der Waals surface area contributed by atoms with Crippen molar-refractivity contribution in [3.8, 4) is 0 Å². The summed E-state index contributed by atoms with van der Waals surface area (Å²) >= 11 is -5.17. The number of allylic oxidation sites excluding steroid dienone is 2. The maximum atomic E-state index is 3.02. The van der Waals surface area contributed by atoms with Crippen LogP contribution < -0.4 is 0 Å². The van der Waals surface area contributed by atoms with Crippen LogP contribution in [0.4, 0.5) is 0 Å². The van der Waals surface area contributed by atoms with Crippen molar-refractivity contribution < 1.29 is 14.2 Å². The first kappa shape index (κ1) is 35.9. The zero-order valence-corrected chi connectivity index (χ0v) is 36.4. The van der Waals surface area contributed by atoms with Gasteiger partial charge in [-0.3, -0.25) is 0 Å². The Balaban J connectivity index is 2.27. The molecule has 0 fully saturated rings. The second kappa shape index (κ2) is 11.0. The summed E-state index contributed by atoms with van der Waals surface area (Å²) in [6, 6.07) is 10.5. The van der Waals surface area contributed by atoms with E-state index in [4.69, 9.17) is 0 Å². The molecule has 4 rings (SSSR count). The van der Waals surface area contributed by atoms with E-state index in [0.717, 1.165) is 0 Å². The van der Waals surface area contributed by atoms with Gasteiger partial charge in [0.2, 0.25) is 0 Å². The van der Waals surface area contributed by atoms with E-state index in [1.54, 1.807) is 44.5 Å². The van der Waals surface area contributed by atoms with Gasteiger partial charge in [-0.15, -0.1) is 0 Å². The van der Waals surface area contributed by atoms with Crippen LogP contribution in [0, 0.1) is 0 Å². The zero-order valence-electron chi connectivity index (χ0n) is 31.4. The van der Waals surface area contributed by atoms with E-state index in [9.17, 15) is 0 Å². The molecule has 2 aromatic carbocycles. The topological polar surface area (TPSA) is 0 Å². The number of rotatable bonds is 12. The molecule has 2 aliphatic rings. The van der Waals surface area contributed by atoms with Gasteiger partial charge in [0.25, 0.3) is 0 Å². The number of hydrogen-bond donors (Lipinski definition) is 0. The van der Waals surface area contributed by atoms with Crippen molar-refractivity contribution in [2.24, 2.45) is 0 Å². The van der Waals surface area contributed by atoms with Crippen LogP contribution in [0.3, 0.4) is 0 Å². The van der Waals surface area contributed by atoms with Crippen molar-refractivity contribution in [2.45, 2.75) is 158 Å². The summed E-state index contributed by atoms with van der Waals surface area (Å²) in [5.74, 6) is 2.10. The van der Waals surface area contributed by atoms with E-state index in [0.29, 0.717) is 31.0 Å². The molecule has 2 heteroatoms. The molecule has 0 amide bonds. The average molecular weight is 780 g/mol. The van der Waals surface area contributed by atoms with Gasteiger partial charge in [0.15, 0.2) is 0 Å². The molecule has 244 valence electrons. The van der Waals surface area contributed by atoms with Gasteiger partial charge in [0.1, 0.15) is 0 Å². The first-order valence-corrected chi connectivity index (χ1v) is 43.2. The molecular formula is C42H68HfSi. The molecule has 0 aliphatic heterocycles. The average Bonchev–Trinajstić information content (AvgIpc) is 3.47. The summed E-state index contributed by atoms with van der Waals surface area (Å²) in [6.45, 7) is 31.8. The third-order valence-electron chi connectivity index (χ3n) is 13.4. The molecule has 0 aromatic heterocycles. The fourth-order valence-electron chi connectivity index (χ4n) is 11.4. The van der Waals surface area contributed by atoms with Crippen molar-refractivity contribution >= 4 is 19.1 Å².